The second-order valence-electron chi connectivity index (χ2n) is 6.15. The minimum atomic E-state index is -4.54. The summed E-state index contributed by atoms with van der Waals surface area (Å²) < 4.78 is 49.3. The topological polar surface area (TPSA) is 59.9 Å². The third-order valence-corrected chi connectivity index (χ3v) is 4.26. The molecule has 0 heterocycles. The first kappa shape index (κ1) is 22.5. The third kappa shape index (κ3) is 6.12. The van der Waals surface area contributed by atoms with Crippen molar-refractivity contribution in [2.75, 3.05) is 7.11 Å². The Kier molecular flexibility index (Phi) is 7.50. The summed E-state index contributed by atoms with van der Waals surface area (Å²) in [6.45, 7) is 3.87. The van der Waals surface area contributed by atoms with Crippen molar-refractivity contribution in [3.8, 4) is 11.5 Å². The first-order chi connectivity index (χ1) is 13.7. The summed E-state index contributed by atoms with van der Waals surface area (Å²) in [6, 6.07) is 7.25. The Bertz CT molecular complexity index is 901. The van der Waals surface area contributed by atoms with Crippen molar-refractivity contribution in [2.45, 2.75) is 32.5 Å². The quantitative estimate of drug-likeness (QED) is 0.480. The molecule has 156 valence electrons. The van der Waals surface area contributed by atoms with Crippen LogP contribution in [0.5, 0.6) is 11.5 Å². The molecule has 0 fully saturated rings. The maximum absolute atomic E-state index is 12.8. The summed E-state index contributed by atoms with van der Waals surface area (Å²) in [6.07, 6.45) is -2.52. The zero-order chi connectivity index (χ0) is 21.6. The highest BCUT2D eigenvalue weighted by Crippen LogP contribution is 2.37. The van der Waals surface area contributed by atoms with E-state index in [2.05, 4.69) is 10.5 Å². The molecule has 1 atom stereocenters. The molecule has 0 aliphatic rings. The van der Waals surface area contributed by atoms with Crippen molar-refractivity contribution < 1.29 is 27.4 Å². The Morgan fingerprint density at radius 1 is 1.31 bits per heavy atom. The molecular formula is C20H20ClF3N2O3. The van der Waals surface area contributed by atoms with Gasteiger partial charge in [-0.15, -0.1) is 0 Å². The number of alkyl halides is 3. The number of hydrogen-bond acceptors (Lipinski definition) is 4. The zero-order valence-electron chi connectivity index (χ0n) is 16.0. The first-order valence-electron chi connectivity index (χ1n) is 8.70. The van der Waals surface area contributed by atoms with Gasteiger partial charge in [-0.05, 0) is 49.2 Å². The molecule has 5 nitrogen and oxygen atoms in total. The second-order valence-corrected chi connectivity index (χ2v) is 6.56. The Labute approximate surface area is 171 Å². The fourth-order valence-electron chi connectivity index (χ4n) is 2.28. The van der Waals surface area contributed by atoms with Gasteiger partial charge < -0.3 is 9.47 Å². The number of carbonyl (C=O) groups excluding carboxylic acids is 1. The van der Waals surface area contributed by atoms with E-state index in [9.17, 15) is 18.0 Å². The molecule has 0 aliphatic heterocycles. The summed E-state index contributed by atoms with van der Waals surface area (Å²) in [5, 5.41) is 4.07. The van der Waals surface area contributed by atoms with E-state index in [1.165, 1.54) is 19.4 Å². The van der Waals surface area contributed by atoms with Gasteiger partial charge in [0.15, 0.2) is 11.5 Å². The highest BCUT2D eigenvalue weighted by atomic mass is 35.5. The van der Waals surface area contributed by atoms with Gasteiger partial charge in [0.05, 0.1) is 30.0 Å². The van der Waals surface area contributed by atoms with Gasteiger partial charge in [-0.1, -0.05) is 24.6 Å². The predicted molar refractivity (Wildman–Crippen MR) is 105 cm³/mol. The number of amides is 1. The van der Waals surface area contributed by atoms with Crippen LogP contribution < -0.4 is 14.9 Å². The lowest BCUT2D eigenvalue weighted by Crippen LogP contribution is -2.18. The number of methoxy groups -OCH3 is 1. The van der Waals surface area contributed by atoms with E-state index in [0.717, 1.165) is 24.6 Å². The molecule has 9 heteroatoms. The lowest BCUT2D eigenvalue weighted by molar-refractivity contribution is -0.137. The highest BCUT2D eigenvalue weighted by molar-refractivity contribution is 6.32. The van der Waals surface area contributed by atoms with Crippen LogP contribution in [-0.4, -0.2) is 25.3 Å². The molecule has 1 unspecified atom stereocenters. The maximum Gasteiger partial charge on any atom is 0.416 e. The standard InChI is InChI=1S/C20H20ClF3N2O3/c1-4-12(2)29-18-16(21)8-13(9-17(18)28-3)11-25-26-19(27)14-6-5-7-15(10-14)20(22,23)24/h5-12H,4H2,1-3H3,(H,26,27)/b25-11+. The number of hydrogen-bond donors (Lipinski definition) is 1. The van der Waals surface area contributed by atoms with Gasteiger partial charge in [-0.3, -0.25) is 4.79 Å². The van der Waals surface area contributed by atoms with Gasteiger partial charge in [0.25, 0.3) is 5.91 Å². The Balaban J connectivity index is 2.14. The summed E-state index contributed by atoms with van der Waals surface area (Å²) in [7, 11) is 1.46. The lowest BCUT2D eigenvalue weighted by atomic mass is 10.1. The van der Waals surface area contributed by atoms with Crippen LogP contribution in [0.3, 0.4) is 0 Å². The number of nitrogens with zero attached hydrogens (tertiary/aromatic N) is 1. The fourth-order valence-corrected chi connectivity index (χ4v) is 2.54. The first-order valence-corrected chi connectivity index (χ1v) is 9.08. The minimum Gasteiger partial charge on any atom is -0.493 e. The molecule has 0 bridgehead atoms. The van der Waals surface area contributed by atoms with Crippen molar-refractivity contribution in [2.24, 2.45) is 5.10 Å². The second kappa shape index (κ2) is 9.65. The van der Waals surface area contributed by atoms with Crippen LogP contribution in [0.15, 0.2) is 41.5 Å². The molecule has 0 aliphatic carbocycles. The van der Waals surface area contributed by atoms with E-state index in [0.29, 0.717) is 22.1 Å². The minimum absolute atomic E-state index is 0.0623. The molecule has 0 spiro atoms. The van der Waals surface area contributed by atoms with E-state index < -0.39 is 17.6 Å². The molecule has 0 aromatic heterocycles. The van der Waals surface area contributed by atoms with Gasteiger partial charge in [-0.25, -0.2) is 5.43 Å². The Hall–Kier alpha value is -2.74. The smallest absolute Gasteiger partial charge is 0.416 e. The largest absolute Gasteiger partial charge is 0.493 e. The van der Waals surface area contributed by atoms with Crippen LogP contribution in [-0.2, 0) is 6.18 Å². The predicted octanol–water partition coefficient (Wildman–Crippen LogP) is 5.31. The number of rotatable bonds is 7. The number of hydrazone groups is 1. The summed E-state index contributed by atoms with van der Waals surface area (Å²) in [5.74, 6) is 0.0132. The maximum atomic E-state index is 12.8. The summed E-state index contributed by atoms with van der Waals surface area (Å²) in [5.41, 5.74) is 1.62. The van der Waals surface area contributed by atoms with E-state index >= 15 is 0 Å². The van der Waals surface area contributed by atoms with Crippen LogP contribution >= 0.6 is 11.6 Å². The van der Waals surface area contributed by atoms with Gasteiger partial charge in [0, 0.05) is 5.56 Å². The van der Waals surface area contributed by atoms with Crippen molar-refractivity contribution in [3.63, 3.8) is 0 Å². The molecule has 2 aromatic carbocycles. The van der Waals surface area contributed by atoms with Crippen LogP contribution in [0.2, 0.25) is 5.02 Å². The number of ether oxygens (including phenoxy) is 2. The number of nitrogens with one attached hydrogen (secondary N) is 1. The van der Waals surface area contributed by atoms with Crippen molar-refractivity contribution >= 4 is 23.7 Å². The molecule has 2 rings (SSSR count). The molecule has 0 radical (unpaired) electrons. The number of benzene rings is 2. The van der Waals surface area contributed by atoms with Crippen LogP contribution in [0, 0.1) is 0 Å². The molecule has 0 saturated heterocycles. The van der Waals surface area contributed by atoms with Crippen LogP contribution in [0.25, 0.3) is 0 Å². The van der Waals surface area contributed by atoms with Gasteiger partial charge in [0.1, 0.15) is 0 Å². The average molecular weight is 429 g/mol. The van der Waals surface area contributed by atoms with Crippen molar-refractivity contribution in [3.05, 3.63) is 58.1 Å². The molecule has 0 saturated carbocycles. The van der Waals surface area contributed by atoms with E-state index in [-0.39, 0.29) is 11.7 Å². The molecular weight excluding hydrogens is 409 g/mol. The van der Waals surface area contributed by atoms with Crippen LogP contribution in [0.1, 0.15) is 41.8 Å². The fraction of sp³-hybridized carbons (Fsp3) is 0.300. The van der Waals surface area contributed by atoms with E-state index in [1.807, 2.05) is 13.8 Å². The summed E-state index contributed by atoms with van der Waals surface area (Å²) in [4.78, 5) is 12.0. The SMILES string of the molecule is CCC(C)Oc1c(Cl)cc(/C=N/NC(=O)c2cccc(C(F)(F)F)c2)cc1OC. The Morgan fingerprint density at radius 2 is 2.03 bits per heavy atom. The van der Waals surface area contributed by atoms with Crippen molar-refractivity contribution in [1.29, 1.82) is 0 Å². The molecule has 1 amide bonds. The Morgan fingerprint density at radius 3 is 2.66 bits per heavy atom. The molecule has 2 aromatic rings. The van der Waals surface area contributed by atoms with Gasteiger partial charge in [0.2, 0.25) is 0 Å². The normalized spacial score (nSPS) is 12.7. The van der Waals surface area contributed by atoms with E-state index in [1.54, 1.807) is 12.1 Å². The molecule has 1 N–H and O–H groups in total. The van der Waals surface area contributed by atoms with Crippen molar-refractivity contribution in [1.82, 2.24) is 5.43 Å². The van der Waals surface area contributed by atoms with Crippen LogP contribution in [0.4, 0.5) is 13.2 Å². The lowest BCUT2D eigenvalue weighted by Gasteiger charge is -2.17. The zero-order valence-corrected chi connectivity index (χ0v) is 16.8. The average Bonchev–Trinajstić information content (AvgIpc) is 2.68. The third-order valence-electron chi connectivity index (χ3n) is 3.98. The summed E-state index contributed by atoms with van der Waals surface area (Å²) >= 11 is 6.25. The number of carbonyl (C=O) groups is 1. The highest BCUT2D eigenvalue weighted by Gasteiger charge is 2.30. The number of halogens is 4. The van der Waals surface area contributed by atoms with Gasteiger partial charge in [-0.2, -0.15) is 18.3 Å². The van der Waals surface area contributed by atoms with E-state index in [4.69, 9.17) is 21.1 Å². The van der Waals surface area contributed by atoms with Gasteiger partial charge >= 0.3 is 6.18 Å². The molecule has 29 heavy (non-hydrogen) atoms. The monoisotopic (exact) mass is 428 g/mol.